The van der Waals surface area contributed by atoms with Crippen molar-refractivity contribution < 1.29 is 4.74 Å². The average molecular weight is 224 g/mol. The highest BCUT2D eigenvalue weighted by Crippen LogP contribution is 2.15. The van der Waals surface area contributed by atoms with Crippen molar-refractivity contribution in [2.75, 3.05) is 7.11 Å². The first-order chi connectivity index (χ1) is 8.40. The van der Waals surface area contributed by atoms with Crippen LogP contribution in [-0.2, 0) is 11.2 Å². The van der Waals surface area contributed by atoms with Gasteiger partial charge in [0.2, 0.25) is 0 Å². The van der Waals surface area contributed by atoms with Crippen molar-refractivity contribution in [2.24, 2.45) is 0 Å². The van der Waals surface area contributed by atoms with Gasteiger partial charge in [0.25, 0.3) is 0 Å². The smallest absolute Gasteiger partial charge is 0.122 e. The molecule has 0 aliphatic heterocycles. The zero-order valence-corrected chi connectivity index (χ0v) is 9.97. The SMILES string of the molecule is CO/C(=C\Cc1ccccc1)c1ccccc1. The van der Waals surface area contributed by atoms with Crippen LogP contribution in [0.15, 0.2) is 66.7 Å². The van der Waals surface area contributed by atoms with E-state index in [1.807, 2.05) is 24.3 Å². The number of benzene rings is 2. The van der Waals surface area contributed by atoms with Gasteiger partial charge in [-0.1, -0.05) is 60.7 Å². The molecule has 2 aromatic carbocycles. The molecular formula is C16H16O. The first-order valence-corrected chi connectivity index (χ1v) is 5.73. The number of methoxy groups -OCH3 is 1. The molecule has 1 heteroatoms. The van der Waals surface area contributed by atoms with Crippen LogP contribution in [0.4, 0.5) is 0 Å². The molecule has 0 aliphatic carbocycles. The van der Waals surface area contributed by atoms with Crippen molar-refractivity contribution >= 4 is 5.76 Å². The van der Waals surface area contributed by atoms with Gasteiger partial charge >= 0.3 is 0 Å². The summed E-state index contributed by atoms with van der Waals surface area (Å²) in [4.78, 5) is 0. The maximum atomic E-state index is 5.42. The zero-order valence-electron chi connectivity index (χ0n) is 9.97. The summed E-state index contributed by atoms with van der Waals surface area (Å²) in [6, 6.07) is 20.5. The summed E-state index contributed by atoms with van der Waals surface area (Å²) < 4.78 is 5.42. The molecule has 0 aromatic heterocycles. The summed E-state index contributed by atoms with van der Waals surface area (Å²) in [5, 5.41) is 0. The van der Waals surface area contributed by atoms with E-state index >= 15 is 0 Å². The van der Waals surface area contributed by atoms with E-state index in [1.54, 1.807) is 7.11 Å². The summed E-state index contributed by atoms with van der Waals surface area (Å²) in [5.41, 5.74) is 2.41. The maximum absolute atomic E-state index is 5.42. The molecule has 0 unspecified atom stereocenters. The van der Waals surface area contributed by atoms with E-state index in [9.17, 15) is 0 Å². The van der Waals surface area contributed by atoms with Gasteiger partial charge in [0.05, 0.1) is 7.11 Å². The maximum Gasteiger partial charge on any atom is 0.122 e. The molecule has 86 valence electrons. The van der Waals surface area contributed by atoms with E-state index in [0.717, 1.165) is 17.7 Å². The highest BCUT2D eigenvalue weighted by Gasteiger charge is 1.99. The molecule has 0 saturated heterocycles. The second kappa shape index (κ2) is 5.90. The van der Waals surface area contributed by atoms with Gasteiger partial charge in [-0.3, -0.25) is 0 Å². The van der Waals surface area contributed by atoms with Crippen molar-refractivity contribution in [1.29, 1.82) is 0 Å². The predicted octanol–water partition coefficient (Wildman–Crippen LogP) is 3.92. The quantitative estimate of drug-likeness (QED) is 0.715. The third kappa shape index (κ3) is 3.22. The van der Waals surface area contributed by atoms with E-state index in [-0.39, 0.29) is 0 Å². The number of allylic oxidation sites excluding steroid dienone is 1. The lowest BCUT2D eigenvalue weighted by Crippen LogP contribution is -1.89. The molecule has 2 rings (SSSR count). The Morgan fingerprint density at radius 1 is 0.941 bits per heavy atom. The van der Waals surface area contributed by atoms with Gasteiger partial charge in [-0.05, 0) is 18.1 Å². The van der Waals surface area contributed by atoms with Crippen LogP contribution in [0, 0.1) is 0 Å². The Balaban J connectivity index is 2.14. The Labute approximate surface area is 102 Å². The molecule has 0 atom stereocenters. The standard InChI is InChI=1S/C16H16O/c1-17-16(15-10-6-3-7-11-15)13-12-14-8-4-2-5-9-14/h2-11,13H,12H2,1H3/b16-13-. The monoisotopic (exact) mass is 224 g/mol. The lowest BCUT2D eigenvalue weighted by molar-refractivity contribution is 0.369. The molecule has 0 heterocycles. The van der Waals surface area contributed by atoms with Gasteiger partial charge in [-0.15, -0.1) is 0 Å². The highest BCUT2D eigenvalue weighted by molar-refractivity contribution is 5.59. The summed E-state index contributed by atoms with van der Waals surface area (Å²) in [6.45, 7) is 0. The molecule has 0 amide bonds. The normalized spacial score (nSPS) is 11.2. The minimum absolute atomic E-state index is 0.888. The van der Waals surface area contributed by atoms with Crippen LogP contribution >= 0.6 is 0 Å². The fourth-order valence-electron chi connectivity index (χ4n) is 1.75. The third-order valence-electron chi connectivity index (χ3n) is 2.64. The van der Waals surface area contributed by atoms with Gasteiger partial charge in [0, 0.05) is 5.56 Å². The average Bonchev–Trinajstić information content (AvgIpc) is 2.42. The molecule has 0 fully saturated rings. The van der Waals surface area contributed by atoms with Crippen LogP contribution in [-0.4, -0.2) is 7.11 Å². The minimum atomic E-state index is 0.888. The Bertz CT molecular complexity index is 471. The molecular weight excluding hydrogens is 208 g/mol. The van der Waals surface area contributed by atoms with Crippen LogP contribution < -0.4 is 0 Å². The van der Waals surface area contributed by atoms with Crippen molar-refractivity contribution in [1.82, 2.24) is 0 Å². The Kier molecular flexibility index (Phi) is 3.98. The predicted molar refractivity (Wildman–Crippen MR) is 71.6 cm³/mol. The second-order valence-corrected chi connectivity index (χ2v) is 3.83. The molecule has 1 nitrogen and oxygen atoms in total. The Morgan fingerprint density at radius 3 is 2.12 bits per heavy atom. The number of ether oxygens (including phenoxy) is 1. The van der Waals surface area contributed by atoms with E-state index in [4.69, 9.17) is 4.74 Å². The number of hydrogen-bond donors (Lipinski definition) is 0. The molecule has 0 spiro atoms. The van der Waals surface area contributed by atoms with Gasteiger partial charge in [-0.2, -0.15) is 0 Å². The Hall–Kier alpha value is -2.02. The molecule has 0 bridgehead atoms. The first kappa shape index (κ1) is 11.5. The van der Waals surface area contributed by atoms with Gasteiger partial charge in [-0.25, -0.2) is 0 Å². The van der Waals surface area contributed by atoms with E-state index in [2.05, 4.69) is 42.5 Å². The molecule has 0 N–H and O–H groups in total. The summed E-state index contributed by atoms with van der Waals surface area (Å²) in [5.74, 6) is 0.925. The van der Waals surface area contributed by atoms with Crippen LogP contribution in [0.1, 0.15) is 11.1 Å². The molecule has 0 saturated carbocycles. The Morgan fingerprint density at radius 2 is 1.53 bits per heavy atom. The lowest BCUT2D eigenvalue weighted by Gasteiger charge is -2.06. The van der Waals surface area contributed by atoms with Crippen LogP contribution in [0.25, 0.3) is 5.76 Å². The molecule has 0 aliphatic rings. The topological polar surface area (TPSA) is 9.23 Å². The molecule has 2 aromatic rings. The van der Waals surface area contributed by atoms with Gasteiger partial charge < -0.3 is 4.74 Å². The van der Waals surface area contributed by atoms with Gasteiger partial charge in [0.1, 0.15) is 5.76 Å². The van der Waals surface area contributed by atoms with E-state index < -0.39 is 0 Å². The molecule has 0 radical (unpaired) electrons. The summed E-state index contributed by atoms with van der Waals surface area (Å²) in [6.07, 6.45) is 3.00. The van der Waals surface area contributed by atoms with Crippen LogP contribution in [0.5, 0.6) is 0 Å². The molecule has 17 heavy (non-hydrogen) atoms. The van der Waals surface area contributed by atoms with Crippen LogP contribution in [0.2, 0.25) is 0 Å². The minimum Gasteiger partial charge on any atom is -0.496 e. The van der Waals surface area contributed by atoms with Crippen molar-refractivity contribution in [3.63, 3.8) is 0 Å². The van der Waals surface area contributed by atoms with Crippen molar-refractivity contribution in [2.45, 2.75) is 6.42 Å². The number of hydrogen-bond acceptors (Lipinski definition) is 1. The van der Waals surface area contributed by atoms with Crippen LogP contribution in [0.3, 0.4) is 0 Å². The highest BCUT2D eigenvalue weighted by atomic mass is 16.5. The van der Waals surface area contributed by atoms with Crippen molar-refractivity contribution in [3.05, 3.63) is 77.9 Å². The lowest BCUT2D eigenvalue weighted by atomic mass is 10.1. The first-order valence-electron chi connectivity index (χ1n) is 5.73. The summed E-state index contributed by atoms with van der Waals surface area (Å²) in [7, 11) is 1.71. The van der Waals surface area contributed by atoms with Gasteiger partial charge in [0.15, 0.2) is 0 Å². The van der Waals surface area contributed by atoms with E-state index in [0.29, 0.717) is 0 Å². The fraction of sp³-hybridized carbons (Fsp3) is 0.125. The third-order valence-corrected chi connectivity index (χ3v) is 2.64. The largest absolute Gasteiger partial charge is 0.496 e. The fourth-order valence-corrected chi connectivity index (χ4v) is 1.75. The van der Waals surface area contributed by atoms with E-state index in [1.165, 1.54) is 5.56 Å². The number of rotatable bonds is 4. The second-order valence-electron chi connectivity index (χ2n) is 3.83. The summed E-state index contributed by atoms with van der Waals surface area (Å²) >= 11 is 0. The zero-order chi connectivity index (χ0) is 11.9. The van der Waals surface area contributed by atoms with Crippen molar-refractivity contribution in [3.8, 4) is 0 Å².